The van der Waals surface area contributed by atoms with E-state index in [0.717, 1.165) is 6.07 Å². The monoisotopic (exact) mass is 244 g/mol. The number of nitrogens with zero attached hydrogens (tertiary/aromatic N) is 1. The number of nitrogen functional groups attached to an aromatic ring is 1. The van der Waals surface area contributed by atoms with Crippen LogP contribution in [0.15, 0.2) is 12.1 Å². The SMILES string of the molecule is COCCN(c1cc(F)cc(F)c1N)C(C)C. The topological polar surface area (TPSA) is 38.5 Å². The summed E-state index contributed by atoms with van der Waals surface area (Å²) < 4.78 is 31.5. The summed E-state index contributed by atoms with van der Waals surface area (Å²) in [6.07, 6.45) is 0. The van der Waals surface area contributed by atoms with Crippen molar-refractivity contribution < 1.29 is 13.5 Å². The molecule has 2 N–H and O–H groups in total. The summed E-state index contributed by atoms with van der Waals surface area (Å²) in [6, 6.07) is 2.11. The molecule has 0 aromatic heterocycles. The highest BCUT2D eigenvalue weighted by atomic mass is 19.1. The van der Waals surface area contributed by atoms with Gasteiger partial charge in [-0.05, 0) is 19.9 Å². The van der Waals surface area contributed by atoms with Gasteiger partial charge in [-0.25, -0.2) is 8.78 Å². The zero-order chi connectivity index (χ0) is 13.0. The predicted octanol–water partition coefficient (Wildman–Crippen LogP) is 2.41. The molecule has 0 aliphatic rings. The molecule has 0 radical (unpaired) electrons. The molecule has 3 nitrogen and oxygen atoms in total. The van der Waals surface area contributed by atoms with Crippen LogP contribution in [0.3, 0.4) is 0 Å². The smallest absolute Gasteiger partial charge is 0.151 e. The highest BCUT2D eigenvalue weighted by Gasteiger charge is 2.17. The van der Waals surface area contributed by atoms with Crippen LogP contribution in [0.2, 0.25) is 0 Å². The van der Waals surface area contributed by atoms with Gasteiger partial charge in [-0.1, -0.05) is 0 Å². The molecule has 1 rings (SSSR count). The van der Waals surface area contributed by atoms with Crippen LogP contribution in [-0.2, 0) is 4.74 Å². The number of halogens is 2. The Kier molecular flexibility index (Phi) is 4.69. The molecule has 96 valence electrons. The Morgan fingerprint density at radius 1 is 1.35 bits per heavy atom. The van der Waals surface area contributed by atoms with Gasteiger partial charge in [-0.3, -0.25) is 0 Å². The molecule has 1 aromatic carbocycles. The summed E-state index contributed by atoms with van der Waals surface area (Å²) in [5.74, 6) is -1.36. The van der Waals surface area contributed by atoms with Gasteiger partial charge >= 0.3 is 0 Å². The second kappa shape index (κ2) is 5.82. The zero-order valence-electron chi connectivity index (χ0n) is 10.3. The molecule has 1 aromatic rings. The average Bonchev–Trinajstić information content (AvgIpc) is 2.24. The lowest BCUT2D eigenvalue weighted by atomic mass is 10.2. The summed E-state index contributed by atoms with van der Waals surface area (Å²) in [6.45, 7) is 4.85. The largest absolute Gasteiger partial charge is 0.395 e. The van der Waals surface area contributed by atoms with Gasteiger partial charge in [0.2, 0.25) is 0 Å². The van der Waals surface area contributed by atoms with Gasteiger partial charge in [0.15, 0.2) is 5.82 Å². The van der Waals surface area contributed by atoms with E-state index >= 15 is 0 Å². The number of benzene rings is 1. The van der Waals surface area contributed by atoms with Crippen molar-refractivity contribution in [1.29, 1.82) is 0 Å². The maximum atomic E-state index is 13.4. The van der Waals surface area contributed by atoms with Crippen molar-refractivity contribution in [3.8, 4) is 0 Å². The Balaban J connectivity index is 3.09. The number of anilines is 2. The molecular weight excluding hydrogens is 226 g/mol. The lowest BCUT2D eigenvalue weighted by molar-refractivity contribution is 0.204. The van der Waals surface area contributed by atoms with Crippen LogP contribution in [0.5, 0.6) is 0 Å². The van der Waals surface area contributed by atoms with Crippen molar-refractivity contribution in [3.63, 3.8) is 0 Å². The van der Waals surface area contributed by atoms with Crippen molar-refractivity contribution in [3.05, 3.63) is 23.8 Å². The van der Waals surface area contributed by atoms with Gasteiger partial charge in [-0.15, -0.1) is 0 Å². The molecule has 0 fully saturated rings. The summed E-state index contributed by atoms with van der Waals surface area (Å²) in [4.78, 5) is 1.81. The summed E-state index contributed by atoms with van der Waals surface area (Å²) >= 11 is 0. The van der Waals surface area contributed by atoms with Crippen LogP contribution >= 0.6 is 0 Å². The first kappa shape index (κ1) is 13.7. The van der Waals surface area contributed by atoms with E-state index < -0.39 is 11.6 Å². The second-order valence-corrected chi connectivity index (χ2v) is 4.10. The first-order valence-corrected chi connectivity index (χ1v) is 5.47. The fraction of sp³-hybridized carbons (Fsp3) is 0.500. The molecule has 5 heteroatoms. The van der Waals surface area contributed by atoms with Crippen LogP contribution in [0.25, 0.3) is 0 Å². The highest BCUT2D eigenvalue weighted by Crippen LogP contribution is 2.28. The zero-order valence-corrected chi connectivity index (χ0v) is 10.3. The maximum Gasteiger partial charge on any atom is 0.151 e. The molecular formula is C12H18F2N2O. The molecule has 0 bridgehead atoms. The summed E-state index contributed by atoms with van der Waals surface area (Å²) in [5, 5.41) is 0. The van der Waals surface area contributed by atoms with Crippen molar-refractivity contribution in [2.75, 3.05) is 30.9 Å². The quantitative estimate of drug-likeness (QED) is 0.808. The Morgan fingerprint density at radius 2 is 2.00 bits per heavy atom. The van der Waals surface area contributed by atoms with E-state index in [1.165, 1.54) is 6.07 Å². The van der Waals surface area contributed by atoms with Crippen molar-refractivity contribution in [2.24, 2.45) is 0 Å². The maximum absolute atomic E-state index is 13.4. The summed E-state index contributed by atoms with van der Waals surface area (Å²) in [5.41, 5.74) is 5.98. The molecule has 0 amide bonds. The third-order valence-electron chi connectivity index (χ3n) is 2.54. The minimum atomic E-state index is -0.733. The van der Waals surface area contributed by atoms with E-state index in [-0.39, 0.29) is 11.7 Å². The van der Waals surface area contributed by atoms with E-state index in [1.807, 2.05) is 18.7 Å². The number of rotatable bonds is 5. The van der Waals surface area contributed by atoms with E-state index in [4.69, 9.17) is 10.5 Å². The van der Waals surface area contributed by atoms with E-state index in [0.29, 0.717) is 18.8 Å². The number of nitrogens with two attached hydrogens (primary N) is 1. The number of methoxy groups -OCH3 is 1. The van der Waals surface area contributed by atoms with Crippen LogP contribution in [0, 0.1) is 11.6 Å². The molecule has 0 unspecified atom stereocenters. The molecule has 0 heterocycles. The Bertz CT molecular complexity index is 383. The van der Waals surface area contributed by atoms with Gasteiger partial charge in [0.25, 0.3) is 0 Å². The third kappa shape index (κ3) is 3.30. The molecule has 0 saturated heterocycles. The lowest BCUT2D eigenvalue weighted by Gasteiger charge is -2.30. The molecule has 0 atom stereocenters. The standard InChI is InChI=1S/C12H18F2N2O/c1-8(2)16(4-5-17-3)11-7-9(13)6-10(14)12(11)15/h6-8H,4-5,15H2,1-3H3. The normalized spacial score (nSPS) is 10.9. The number of hydrogen-bond donors (Lipinski definition) is 1. The average molecular weight is 244 g/mol. The van der Waals surface area contributed by atoms with Gasteiger partial charge in [-0.2, -0.15) is 0 Å². The molecule has 0 aliphatic heterocycles. The second-order valence-electron chi connectivity index (χ2n) is 4.10. The van der Waals surface area contributed by atoms with Crippen LogP contribution in [0.1, 0.15) is 13.8 Å². The Labute approximate surface area is 100 Å². The van der Waals surface area contributed by atoms with E-state index in [2.05, 4.69) is 0 Å². The molecule has 17 heavy (non-hydrogen) atoms. The first-order valence-electron chi connectivity index (χ1n) is 5.47. The van der Waals surface area contributed by atoms with Gasteiger partial charge < -0.3 is 15.4 Å². The predicted molar refractivity (Wildman–Crippen MR) is 65.1 cm³/mol. The molecule has 0 saturated carbocycles. The fourth-order valence-electron chi connectivity index (χ4n) is 1.66. The molecule has 0 aliphatic carbocycles. The lowest BCUT2D eigenvalue weighted by Crippen LogP contribution is -2.34. The third-order valence-corrected chi connectivity index (χ3v) is 2.54. The Morgan fingerprint density at radius 3 is 2.53 bits per heavy atom. The van der Waals surface area contributed by atoms with Crippen LogP contribution in [0.4, 0.5) is 20.2 Å². The first-order chi connectivity index (χ1) is 7.97. The van der Waals surface area contributed by atoms with Gasteiger partial charge in [0.05, 0.1) is 18.0 Å². The van der Waals surface area contributed by atoms with E-state index in [9.17, 15) is 8.78 Å². The highest BCUT2D eigenvalue weighted by molar-refractivity contribution is 5.68. The summed E-state index contributed by atoms with van der Waals surface area (Å²) in [7, 11) is 1.58. The number of hydrogen-bond acceptors (Lipinski definition) is 3. The van der Waals surface area contributed by atoms with E-state index in [1.54, 1.807) is 7.11 Å². The van der Waals surface area contributed by atoms with Crippen molar-refractivity contribution >= 4 is 11.4 Å². The van der Waals surface area contributed by atoms with Gasteiger partial charge in [0.1, 0.15) is 5.82 Å². The van der Waals surface area contributed by atoms with Crippen LogP contribution < -0.4 is 10.6 Å². The fourth-order valence-corrected chi connectivity index (χ4v) is 1.66. The van der Waals surface area contributed by atoms with Crippen molar-refractivity contribution in [2.45, 2.75) is 19.9 Å². The van der Waals surface area contributed by atoms with Crippen LogP contribution in [-0.4, -0.2) is 26.3 Å². The van der Waals surface area contributed by atoms with Gasteiger partial charge in [0, 0.05) is 25.8 Å². The minimum absolute atomic E-state index is 0.0313. The van der Waals surface area contributed by atoms with Crippen molar-refractivity contribution in [1.82, 2.24) is 0 Å². The number of ether oxygens (including phenoxy) is 1. The Hall–Kier alpha value is -1.36. The minimum Gasteiger partial charge on any atom is -0.395 e. The molecule has 0 spiro atoms.